The third kappa shape index (κ3) is 3.72. The molecule has 0 saturated carbocycles. The number of rotatable bonds is 4. The Morgan fingerprint density at radius 3 is 2.43 bits per heavy atom. The number of H-pyrrole nitrogens is 1. The standard InChI is InChI=1S/C25H24N4O/c1-16-27-22-12-11-20(15-24(22)28-16)18-9-7-17(8-10-18)19-4-2-5-21(14-19)29-25(30)23-6-3-13-26-23/h2,4-5,7-12,14-15,23,26H,3,6,13H2,1H3,(H,27,28)(H,29,30)/t23-/m0/s1. The largest absolute Gasteiger partial charge is 0.342 e. The van der Waals surface area contributed by atoms with Gasteiger partial charge in [-0.25, -0.2) is 4.98 Å². The molecule has 3 aromatic carbocycles. The second kappa shape index (κ2) is 7.76. The van der Waals surface area contributed by atoms with E-state index in [0.29, 0.717) is 0 Å². The van der Waals surface area contributed by atoms with E-state index < -0.39 is 0 Å². The van der Waals surface area contributed by atoms with Crippen LogP contribution in [0, 0.1) is 6.92 Å². The first-order valence-corrected chi connectivity index (χ1v) is 10.4. The predicted molar refractivity (Wildman–Crippen MR) is 121 cm³/mol. The van der Waals surface area contributed by atoms with Gasteiger partial charge in [-0.05, 0) is 72.8 Å². The average Bonchev–Trinajstić information content (AvgIpc) is 3.42. The van der Waals surface area contributed by atoms with Crippen molar-refractivity contribution in [2.24, 2.45) is 0 Å². The smallest absolute Gasteiger partial charge is 0.241 e. The van der Waals surface area contributed by atoms with Gasteiger partial charge in [0.1, 0.15) is 5.82 Å². The molecule has 4 aromatic rings. The Balaban J connectivity index is 1.36. The van der Waals surface area contributed by atoms with Crippen LogP contribution in [0.4, 0.5) is 5.69 Å². The van der Waals surface area contributed by atoms with Gasteiger partial charge in [-0.15, -0.1) is 0 Å². The molecule has 3 N–H and O–H groups in total. The summed E-state index contributed by atoms with van der Waals surface area (Å²) in [6.07, 6.45) is 1.95. The van der Waals surface area contributed by atoms with E-state index in [-0.39, 0.29) is 11.9 Å². The van der Waals surface area contributed by atoms with Crippen LogP contribution in [0.25, 0.3) is 33.3 Å². The molecule has 0 aliphatic carbocycles. The minimum absolute atomic E-state index is 0.0458. The highest BCUT2D eigenvalue weighted by Crippen LogP contribution is 2.28. The molecular weight excluding hydrogens is 372 g/mol. The molecule has 30 heavy (non-hydrogen) atoms. The molecule has 5 heteroatoms. The van der Waals surface area contributed by atoms with Gasteiger partial charge < -0.3 is 15.6 Å². The highest BCUT2D eigenvalue weighted by Gasteiger charge is 2.21. The zero-order valence-corrected chi connectivity index (χ0v) is 16.9. The number of amides is 1. The van der Waals surface area contributed by atoms with Crippen LogP contribution in [0.2, 0.25) is 0 Å². The summed E-state index contributed by atoms with van der Waals surface area (Å²) >= 11 is 0. The predicted octanol–water partition coefficient (Wildman–Crippen LogP) is 4.90. The van der Waals surface area contributed by atoms with E-state index in [4.69, 9.17) is 0 Å². The number of anilines is 1. The molecule has 1 aromatic heterocycles. The van der Waals surface area contributed by atoms with Gasteiger partial charge in [0.15, 0.2) is 0 Å². The third-order valence-corrected chi connectivity index (χ3v) is 5.66. The molecule has 5 nitrogen and oxygen atoms in total. The van der Waals surface area contributed by atoms with Crippen LogP contribution >= 0.6 is 0 Å². The van der Waals surface area contributed by atoms with Crippen molar-refractivity contribution in [1.29, 1.82) is 0 Å². The second-order valence-electron chi connectivity index (χ2n) is 7.85. The number of aryl methyl sites for hydroxylation is 1. The van der Waals surface area contributed by atoms with Gasteiger partial charge in [0.2, 0.25) is 5.91 Å². The first kappa shape index (κ1) is 18.6. The SMILES string of the molecule is Cc1nc2ccc(-c3ccc(-c4cccc(NC(=O)[C@@H]5CCCN5)c4)cc3)cc2[nH]1. The number of hydrogen-bond donors (Lipinski definition) is 3. The molecule has 2 heterocycles. The van der Waals surface area contributed by atoms with Crippen molar-refractivity contribution in [1.82, 2.24) is 15.3 Å². The molecular formula is C25H24N4O. The molecule has 1 fully saturated rings. The van der Waals surface area contributed by atoms with E-state index >= 15 is 0 Å². The molecule has 1 saturated heterocycles. The number of nitrogens with one attached hydrogen (secondary N) is 3. The number of aromatic amines is 1. The maximum absolute atomic E-state index is 12.4. The van der Waals surface area contributed by atoms with E-state index in [0.717, 1.165) is 64.2 Å². The van der Waals surface area contributed by atoms with Gasteiger partial charge in [-0.3, -0.25) is 4.79 Å². The van der Waals surface area contributed by atoms with Gasteiger partial charge in [0.05, 0.1) is 17.1 Å². The zero-order valence-electron chi connectivity index (χ0n) is 16.9. The molecule has 0 bridgehead atoms. The molecule has 1 aliphatic heterocycles. The highest BCUT2D eigenvalue weighted by molar-refractivity contribution is 5.95. The summed E-state index contributed by atoms with van der Waals surface area (Å²) in [6.45, 7) is 2.88. The van der Waals surface area contributed by atoms with Gasteiger partial charge in [-0.2, -0.15) is 0 Å². The average molecular weight is 396 g/mol. The molecule has 150 valence electrons. The lowest BCUT2D eigenvalue weighted by molar-refractivity contribution is -0.117. The summed E-state index contributed by atoms with van der Waals surface area (Å²) in [7, 11) is 0. The molecule has 0 spiro atoms. The summed E-state index contributed by atoms with van der Waals surface area (Å²) in [5.41, 5.74) is 7.38. The van der Waals surface area contributed by atoms with Crippen LogP contribution in [0.3, 0.4) is 0 Å². The lowest BCUT2D eigenvalue weighted by atomic mass is 10.00. The Hall–Kier alpha value is -3.44. The first-order chi connectivity index (χ1) is 14.7. The minimum Gasteiger partial charge on any atom is -0.342 e. The summed E-state index contributed by atoms with van der Waals surface area (Å²) in [6, 6.07) is 22.7. The number of nitrogens with zero attached hydrogens (tertiary/aromatic N) is 1. The summed E-state index contributed by atoms with van der Waals surface area (Å²) < 4.78 is 0. The van der Waals surface area contributed by atoms with Crippen molar-refractivity contribution >= 4 is 22.6 Å². The van der Waals surface area contributed by atoms with Crippen molar-refractivity contribution in [2.45, 2.75) is 25.8 Å². The second-order valence-corrected chi connectivity index (χ2v) is 7.85. The number of fused-ring (bicyclic) bond motifs is 1. The number of hydrogen-bond acceptors (Lipinski definition) is 3. The number of carbonyl (C=O) groups excluding carboxylic acids is 1. The minimum atomic E-state index is -0.0797. The summed E-state index contributed by atoms with van der Waals surface area (Å²) in [5, 5.41) is 6.28. The van der Waals surface area contributed by atoms with Crippen LogP contribution in [0.15, 0.2) is 66.7 Å². The third-order valence-electron chi connectivity index (χ3n) is 5.66. The quantitative estimate of drug-likeness (QED) is 0.460. The zero-order chi connectivity index (χ0) is 20.5. The fourth-order valence-corrected chi connectivity index (χ4v) is 4.09. The van der Waals surface area contributed by atoms with E-state index in [9.17, 15) is 4.79 Å². The highest BCUT2D eigenvalue weighted by atomic mass is 16.2. The molecule has 5 rings (SSSR count). The number of carbonyl (C=O) groups is 1. The molecule has 1 atom stereocenters. The van der Waals surface area contributed by atoms with Crippen molar-refractivity contribution in [3.05, 3.63) is 72.6 Å². The maximum atomic E-state index is 12.4. The fourth-order valence-electron chi connectivity index (χ4n) is 4.09. The Kier molecular flexibility index (Phi) is 4.81. The Morgan fingerprint density at radius 1 is 0.967 bits per heavy atom. The Morgan fingerprint density at radius 2 is 1.70 bits per heavy atom. The number of benzene rings is 3. The maximum Gasteiger partial charge on any atom is 0.241 e. The summed E-state index contributed by atoms with van der Waals surface area (Å²) in [4.78, 5) is 20.1. The van der Waals surface area contributed by atoms with Crippen molar-refractivity contribution in [3.63, 3.8) is 0 Å². The number of imidazole rings is 1. The lowest BCUT2D eigenvalue weighted by Gasteiger charge is -2.12. The Bertz CT molecular complexity index is 1200. The molecule has 1 aliphatic rings. The van der Waals surface area contributed by atoms with Crippen LogP contribution in [-0.2, 0) is 4.79 Å². The van der Waals surface area contributed by atoms with E-state index in [1.807, 2.05) is 31.2 Å². The van der Waals surface area contributed by atoms with Gasteiger partial charge in [0, 0.05) is 5.69 Å². The lowest BCUT2D eigenvalue weighted by Crippen LogP contribution is -2.35. The van der Waals surface area contributed by atoms with Crippen LogP contribution < -0.4 is 10.6 Å². The van der Waals surface area contributed by atoms with E-state index in [1.165, 1.54) is 0 Å². The van der Waals surface area contributed by atoms with Gasteiger partial charge in [0.25, 0.3) is 0 Å². The molecule has 0 radical (unpaired) electrons. The Labute approximate surface area is 175 Å². The van der Waals surface area contributed by atoms with Crippen molar-refractivity contribution in [2.75, 3.05) is 11.9 Å². The molecule has 0 unspecified atom stereocenters. The van der Waals surface area contributed by atoms with Crippen molar-refractivity contribution in [3.8, 4) is 22.3 Å². The van der Waals surface area contributed by atoms with Crippen LogP contribution in [0.5, 0.6) is 0 Å². The van der Waals surface area contributed by atoms with Crippen LogP contribution in [-0.4, -0.2) is 28.5 Å². The topological polar surface area (TPSA) is 69.8 Å². The van der Waals surface area contributed by atoms with E-state index in [2.05, 4.69) is 63.1 Å². The first-order valence-electron chi connectivity index (χ1n) is 10.4. The van der Waals surface area contributed by atoms with Gasteiger partial charge >= 0.3 is 0 Å². The van der Waals surface area contributed by atoms with E-state index in [1.54, 1.807) is 0 Å². The molecule has 1 amide bonds. The number of aromatic nitrogens is 2. The summed E-state index contributed by atoms with van der Waals surface area (Å²) in [5.74, 6) is 0.970. The fraction of sp³-hybridized carbons (Fsp3) is 0.200. The van der Waals surface area contributed by atoms with Crippen LogP contribution in [0.1, 0.15) is 18.7 Å². The monoisotopic (exact) mass is 396 g/mol. The van der Waals surface area contributed by atoms with Gasteiger partial charge in [-0.1, -0.05) is 42.5 Å². The van der Waals surface area contributed by atoms with Crippen molar-refractivity contribution < 1.29 is 4.79 Å². The normalized spacial score (nSPS) is 16.1.